The molecule has 0 aromatic heterocycles. The topological polar surface area (TPSA) is 0 Å². The van der Waals surface area contributed by atoms with Gasteiger partial charge in [-0.05, 0) is 42.9 Å². The lowest BCUT2D eigenvalue weighted by Crippen LogP contribution is -2.21. The molecule has 1 aromatic rings. The standard InChI is InChI=1S/C13H15BrCl2/c14-11-5-2-1-4-9(11)8-10-12(15)6-3-7-13(10)16/h3,6-7,9,11H,1-2,4-5,8H2. The van der Waals surface area contributed by atoms with Crippen LogP contribution in [-0.2, 0) is 6.42 Å². The van der Waals surface area contributed by atoms with Gasteiger partial charge in [0.15, 0.2) is 0 Å². The molecule has 0 bridgehead atoms. The summed E-state index contributed by atoms with van der Waals surface area (Å²) < 4.78 is 0. The van der Waals surface area contributed by atoms with Crippen molar-refractivity contribution in [1.82, 2.24) is 0 Å². The lowest BCUT2D eigenvalue weighted by Gasteiger charge is -2.27. The summed E-state index contributed by atoms with van der Waals surface area (Å²) in [7, 11) is 0. The fourth-order valence-electron chi connectivity index (χ4n) is 2.38. The van der Waals surface area contributed by atoms with Crippen LogP contribution in [0.1, 0.15) is 31.2 Å². The average Bonchev–Trinajstić information content (AvgIpc) is 2.26. The van der Waals surface area contributed by atoms with Crippen LogP contribution in [0.2, 0.25) is 10.0 Å². The maximum Gasteiger partial charge on any atom is 0.0452 e. The Morgan fingerprint density at radius 3 is 2.38 bits per heavy atom. The minimum absolute atomic E-state index is 0.619. The van der Waals surface area contributed by atoms with Gasteiger partial charge in [-0.2, -0.15) is 0 Å². The van der Waals surface area contributed by atoms with Crippen molar-refractivity contribution in [2.24, 2.45) is 5.92 Å². The molecule has 1 aromatic carbocycles. The third-order valence-corrected chi connectivity index (χ3v) is 5.26. The van der Waals surface area contributed by atoms with Crippen LogP contribution in [0, 0.1) is 5.92 Å². The molecule has 1 saturated carbocycles. The Morgan fingerprint density at radius 2 is 1.75 bits per heavy atom. The Bertz CT molecular complexity index is 345. The number of halogens is 3. The Balaban J connectivity index is 2.13. The van der Waals surface area contributed by atoms with Crippen LogP contribution in [0.25, 0.3) is 0 Å². The van der Waals surface area contributed by atoms with E-state index in [1.807, 2.05) is 18.2 Å². The summed E-state index contributed by atoms with van der Waals surface area (Å²) in [5.41, 5.74) is 1.11. The second-order valence-corrected chi connectivity index (χ2v) is 6.46. The van der Waals surface area contributed by atoms with E-state index in [1.165, 1.54) is 25.7 Å². The molecule has 1 fully saturated rings. The molecule has 3 heteroatoms. The van der Waals surface area contributed by atoms with Crippen molar-refractivity contribution in [1.29, 1.82) is 0 Å². The fraction of sp³-hybridized carbons (Fsp3) is 0.538. The molecule has 0 saturated heterocycles. The van der Waals surface area contributed by atoms with Gasteiger partial charge in [-0.3, -0.25) is 0 Å². The monoisotopic (exact) mass is 320 g/mol. The maximum absolute atomic E-state index is 6.20. The predicted molar refractivity (Wildman–Crippen MR) is 74.8 cm³/mol. The van der Waals surface area contributed by atoms with E-state index in [-0.39, 0.29) is 0 Å². The third kappa shape index (κ3) is 2.94. The summed E-state index contributed by atoms with van der Waals surface area (Å²) in [6.07, 6.45) is 6.20. The molecule has 2 atom stereocenters. The first-order valence-corrected chi connectivity index (χ1v) is 7.42. The van der Waals surface area contributed by atoms with Gasteiger partial charge in [0, 0.05) is 14.9 Å². The number of hydrogen-bond donors (Lipinski definition) is 0. The van der Waals surface area contributed by atoms with Gasteiger partial charge in [0.25, 0.3) is 0 Å². The number of hydrogen-bond acceptors (Lipinski definition) is 0. The molecule has 16 heavy (non-hydrogen) atoms. The first kappa shape index (κ1) is 12.7. The molecule has 88 valence electrons. The number of alkyl halides is 1. The zero-order valence-electron chi connectivity index (χ0n) is 9.06. The van der Waals surface area contributed by atoms with Gasteiger partial charge in [0.2, 0.25) is 0 Å². The molecule has 0 heterocycles. The van der Waals surface area contributed by atoms with Gasteiger partial charge in [-0.15, -0.1) is 0 Å². The summed E-state index contributed by atoms with van der Waals surface area (Å²) in [5.74, 6) is 0.672. The van der Waals surface area contributed by atoms with E-state index in [0.717, 1.165) is 22.0 Å². The zero-order chi connectivity index (χ0) is 11.5. The van der Waals surface area contributed by atoms with Crippen LogP contribution in [0.15, 0.2) is 18.2 Å². The minimum atomic E-state index is 0.619. The first-order valence-electron chi connectivity index (χ1n) is 5.75. The molecule has 0 N–H and O–H groups in total. The molecular weight excluding hydrogens is 307 g/mol. The van der Waals surface area contributed by atoms with Crippen molar-refractivity contribution in [3.8, 4) is 0 Å². The van der Waals surface area contributed by atoms with Gasteiger partial charge >= 0.3 is 0 Å². The number of rotatable bonds is 2. The Labute approximate surface area is 115 Å². The zero-order valence-corrected chi connectivity index (χ0v) is 12.2. The van der Waals surface area contributed by atoms with Crippen LogP contribution in [0.4, 0.5) is 0 Å². The van der Waals surface area contributed by atoms with Crippen molar-refractivity contribution in [2.45, 2.75) is 36.9 Å². The molecule has 0 amide bonds. The molecular formula is C13H15BrCl2. The Morgan fingerprint density at radius 1 is 1.12 bits per heavy atom. The highest BCUT2D eigenvalue weighted by Gasteiger charge is 2.24. The van der Waals surface area contributed by atoms with Gasteiger partial charge in [-0.1, -0.05) is 58.0 Å². The van der Waals surface area contributed by atoms with Gasteiger partial charge in [-0.25, -0.2) is 0 Å². The molecule has 2 unspecified atom stereocenters. The van der Waals surface area contributed by atoms with E-state index in [4.69, 9.17) is 23.2 Å². The van der Waals surface area contributed by atoms with E-state index in [0.29, 0.717) is 10.7 Å². The van der Waals surface area contributed by atoms with Gasteiger partial charge < -0.3 is 0 Å². The maximum atomic E-state index is 6.20. The van der Waals surface area contributed by atoms with E-state index >= 15 is 0 Å². The highest BCUT2D eigenvalue weighted by Crippen LogP contribution is 2.35. The highest BCUT2D eigenvalue weighted by molar-refractivity contribution is 9.09. The second-order valence-electron chi connectivity index (χ2n) is 4.46. The van der Waals surface area contributed by atoms with Gasteiger partial charge in [0.05, 0.1) is 0 Å². The lowest BCUT2D eigenvalue weighted by atomic mass is 9.85. The fourth-order valence-corrected chi connectivity index (χ4v) is 3.71. The second kappa shape index (κ2) is 5.75. The van der Waals surface area contributed by atoms with Crippen LogP contribution in [0.5, 0.6) is 0 Å². The molecule has 0 radical (unpaired) electrons. The van der Waals surface area contributed by atoms with Crippen LogP contribution < -0.4 is 0 Å². The molecule has 0 spiro atoms. The third-order valence-electron chi connectivity index (χ3n) is 3.34. The van der Waals surface area contributed by atoms with Gasteiger partial charge in [0.1, 0.15) is 0 Å². The lowest BCUT2D eigenvalue weighted by molar-refractivity contribution is 0.373. The SMILES string of the molecule is Clc1cccc(Cl)c1CC1CCCCC1Br. The van der Waals surface area contributed by atoms with Crippen LogP contribution in [-0.4, -0.2) is 4.83 Å². The molecule has 1 aliphatic carbocycles. The predicted octanol–water partition coefficient (Wildman–Crippen LogP) is 5.49. The molecule has 2 rings (SSSR count). The summed E-state index contributed by atoms with van der Waals surface area (Å²) in [4.78, 5) is 0.619. The van der Waals surface area contributed by atoms with E-state index in [1.54, 1.807) is 0 Å². The van der Waals surface area contributed by atoms with Crippen molar-refractivity contribution in [3.05, 3.63) is 33.8 Å². The Kier molecular flexibility index (Phi) is 4.57. The molecule has 1 aliphatic rings. The smallest absolute Gasteiger partial charge is 0.0452 e. The van der Waals surface area contributed by atoms with Crippen molar-refractivity contribution in [2.75, 3.05) is 0 Å². The van der Waals surface area contributed by atoms with E-state index in [2.05, 4.69) is 15.9 Å². The summed E-state index contributed by atoms with van der Waals surface area (Å²) in [6.45, 7) is 0. The van der Waals surface area contributed by atoms with Crippen LogP contribution >= 0.6 is 39.1 Å². The average molecular weight is 322 g/mol. The quantitative estimate of drug-likeness (QED) is 0.632. The van der Waals surface area contributed by atoms with E-state index in [9.17, 15) is 0 Å². The summed E-state index contributed by atoms with van der Waals surface area (Å²) >= 11 is 16.2. The minimum Gasteiger partial charge on any atom is -0.0888 e. The molecule has 0 nitrogen and oxygen atoms in total. The first-order chi connectivity index (χ1) is 7.68. The van der Waals surface area contributed by atoms with Crippen molar-refractivity contribution >= 4 is 39.1 Å². The van der Waals surface area contributed by atoms with E-state index < -0.39 is 0 Å². The Hall–Kier alpha value is 0.280. The molecule has 0 aliphatic heterocycles. The van der Waals surface area contributed by atoms with Crippen LogP contribution in [0.3, 0.4) is 0 Å². The summed E-state index contributed by atoms with van der Waals surface area (Å²) in [5, 5.41) is 1.61. The normalized spacial score (nSPS) is 25.7. The van der Waals surface area contributed by atoms with Crippen molar-refractivity contribution < 1.29 is 0 Å². The van der Waals surface area contributed by atoms with Crippen molar-refractivity contribution in [3.63, 3.8) is 0 Å². The number of benzene rings is 1. The largest absolute Gasteiger partial charge is 0.0888 e. The highest BCUT2D eigenvalue weighted by atomic mass is 79.9. The summed E-state index contributed by atoms with van der Waals surface area (Å²) in [6, 6.07) is 5.75.